The molecule has 0 nitrogen and oxygen atoms in total. The summed E-state index contributed by atoms with van der Waals surface area (Å²) >= 11 is 8.97. The monoisotopic (exact) mass is 268 g/mol. The van der Waals surface area contributed by atoms with E-state index in [9.17, 15) is 8.78 Å². The Hall–Kier alpha value is -0.150. The van der Waals surface area contributed by atoms with Crippen molar-refractivity contribution in [3.05, 3.63) is 34.4 Å². The Bertz CT molecular complexity index is 302. The third-order valence-corrected chi connectivity index (χ3v) is 2.58. The normalized spacial score (nSPS) is 10.5. The third-order valence-electron chi connectivity index (χ3n) is 1.67. The van der Waals surface area contributed by atoms with Crippen molar-refractivity contribution in [2.45, 2.75) is 12.8 Å². The number of halogens is 4. The van der Waals surface area contributed by atoms with Crippen molar-refractivity contribution in [2.75, 3.05) is 5.33 Å². The minimum Gasteiger partial charge on any atom is -0.204 e. The average molecular weight is 270 g/mol. The van der Waals surface area contributed by atoms with Gasteiger partial charge in [0.2, 0.25) is 0 Å². The van der Waals surface area contributed by atoms with E-state index in [2.05, 4.69) is 15.9 Å². The summed E-state index contributed by atoms with van der Waals surface area (Å²) in [7, 11) is 0. The number of rotatable bonds is 3. The van der Waals surface area contributed by atoms with Crippen molar-refractivity contribution in [1.82, 2.24) is 0 Å². The largest absolute Gasteiger partial charge is 0.204 e. The van der Waals surface area contributed by atoms with E-state index >= 15 is 0 Å². The topological polar surface area (TPSA) is 0 Å². The zero-order valence-corrected chi connectivity index (χ0v) is 9.13. The summed E-state index contributed by atoms with van der Waals surface area (Å²) in [6, 6.07) is 2.17. The van der Waals surface area contributed by atoms with Gasteiger partial charge in [0.1, 0.15) is 0 Å². The van der Waals surface area contributed by atoms with E-state index in [1.54, 1.807) is 0 Å². The molecule has 1 aromatic carbocycles. The molecule has 0 fully saturated rings. The number of alkyl halides is 1. The van der Waals surface area contributed by atoms with E-state index in [1.165, 1.54) is 0 Å². The summed E-state index contributed by atoms with van der Waals surface area (Å²) in [6.45, 7) is 0. The number of hydrogen-bond donors (Lipinski definition) is 0. The van der Waals surface area contributed by atoms with E-state index in [0.29, 0.717) is 17.0 Å². The molecule has 0 spiro atoms. The van der Waals surface area contributed by atoms with Crippen LogP contribution in [-0.2, 0) is 6.42 Å². The van der Waals surface area contributed by atoms with E-state index in [0.717, 1.165) is 23.9 Å². The van der Waals surface area contributed by atoms with Gasteiger partial charge in [0, 0.05) is 10.4 Å². The van der Waals surface area contributed by atoms with Crippen LogP contribution < -0.4 is 0 Å². The first kappa shape index (κ1) is 10.9. The highest BCUT2D eigenvalue weighted by molar-refractivity contribution is 9.09. The molecule has 0 aromatic heterocycles. The van der Waals surface area contributed by atoms with Crippen LogP contribution >= 0.6 is 27.5 Å². The quantitative estimate of drug-likeness (QED) is 0.576. The molecule has 0 atom stereocenters. The van der Waals surface area contributed by atoms with Crippen molar-refractivity contribution in [3.8, 4) is 0 Å². The molecule has 4 heteroatoms. The molecule has 1 rings (SSSR count). The lowest BCUT2D eigenvalue weighted by molar-refractivity contribution is 0.507. The van der Waals surface area contributed by atoms with Crippen LogP contribution in [0.5, 0.6) is 0 Å². The van der Waals surface area contributed by atoms with Gasteiger partial charge >= 0.3 is 0 Å². The minimum absolute atomic E-state index is 0.292. The first-order chi connectivity index (χ1) is 6.15. The fourth-order valence-electron chi connectivity index (χ4n) is 1.01. The van der Waals surface area contributed by atoms with Gasteiger partial charge in [-0.3, -0.25) is 0 Å². The van der Waals surface area contributed by atoms with Crippen molar-refractivity contribution in [3.63, 3.8) is 0 Å². The Balaban J connectivity index is 2.88. The lowest BCUT2D eigenvalue weighted by Crippen LogP contribution is -1.92. The number of aryl methyl sites for hydroxylation is 1. The molecule has 0 saturated carbocycles. The molecule has 0 unspecified atom stereocenters. The van der Waals surface area contributed by atoms with Gasteiger partial charge < -0.3 is 0 Å². The maximum Gasteiger partial charge on any atom is 0.160 e. The molecule has 0 N–H and O–H groups in total. The molecule has 72 valence electrons. The van der Waals surface area contributed by atoms with Crippen LogP contribution in [0.25, 0.3) is 0 Å². The predicted molar refractivity (Wildman–Crippen MR) is 53.5 cm³/mol. The van der Waals surface area contributed by atoms with Crippen LogP contribution in [0.2, 0.25) is 5.02 Å². The molecular weight excluding hydrogens is 261 g/mol. The molecule has 0 amide bonds. The van der Waals surface area contributed by atoms with Gasteiger partial charge in [-0.05, 0) is 30.5 Å². The fraction of sp³-hybridized carbons (Fsp3) is 0.333. The van der Waals surface area contributed by atoms with Crippen molar-refractivity contribution in [1.29, 1.82) is 0 Å². The first-order valence-electron chi connectivity index (χ1n) is 3.84. The number of benzene rings is 1. The molecule has 13 heavy (non-hydrogen) atoms. The average Bonchev–Trinajstić information content (AvgIpc) is 2.09. The zero-order valence-electron chi connectivity index (χ0n) is 6.79. The van der Waals surface area contributed by atoms with Crippen LogP contribution in [0.4, 0.5) is 8.78 Å². The highest BCUT2D eigenvalue weighted by atomic mass is 79.9. The van der Waals surface area contributed by atoms with Gasteiger partial charge in [0.05, 0.1) is 0 Å². The summed E-state index contributed by atoms with van der Waals surface area (Å²) in [5.74, 6) is -1.73. The highest BCUT2D eigenvalue weighted by Gasteiger charge is 2.07. The van der Waals surface area contributed by atoms with Crippen LogP contribution in [-0.4, -0.2) is 5.33 Å². The van der Waals surface area contributed by atoms with E-state index < -0.39 is 11.6 Å². The van der Waals surface area contributed by atoms with Gasteiger partial charge in [-0.25, -0.2) is 8.78 Å². The van der Waals surface area contributed by atoms with Crippen molar-refractivity contribution < 1.29 is 8.78 Å². The van der Waals surface area contributed by atoms with Gasteiger partial charge in [-0.15, -0.1) is 0 Å². The Morgan fingerprint density at radius 1 is 1.23 bits per heavy atom. The van der Waals surface area contributed by atoms with E-state index in [-0.39, 0.29) is 0 Å². The fourth-order valence-corrected chi connectivity index (χ4v) is 1.54. The standard InChI is InChI=1S/C9H8BrClF2/c10-3-1-2-6-4-8(12)9(13)5-7(6)11/h4-5H,1-3H2. The molecule has 0 heterocycles. The maximum absolute atomic E-state index is 12.7. The Morgan fingerprint density at radius 3 is 2.46 bits per heavy atom. The summed E-state index contributed by atoms with van der Waals surface area (Å²) in [5.41, 5.74) is 0.653. The summed E-state index contributed by atoms with van der Waals surface area (Å²) in [5, 5.41) is 1.11. The smallest absolute Gasteiger partial charge is 0.160 e. The minimum atomic E-state index is -0.896. The van der Waals surface area contributed by atoms with Crippen LogP contribution in [0, 0.1) is 11.6 Å². The van der Waals surface area contributed by atoms with Gasteiger partial charge in [0.25, 0.3) is 0 Å². The Kier molecular flexibility index (Phi) is 4.13. The summed E-state index contributed by atoms with van der Waals surface area (Å²) in [4.78, 5) is 0. The molecular formula is C9H8BrClF2. The van der Waals surface area contributed by atoms with Gasteiger partial charge in [-0.1, -0.05) is 27.5 Å². The van der Waals surface area contributed by atoms with E-state index in [4.69, 9.17) is 11.6 Å². The SMILES string of the molecule is Fc1cc(Cl)c(CCCBr)cc1F. The second kappa shape index (κ2) is 4.91. The van der Waals surface area contributed by atoms with E-state index in [1.807, 2.05) is 0 Å². The van der Waals surface area contributed by atoms with Crippen molar-refractivity contribution in [2.24, 2.45) is 0 Å². The first-order valence-corrected chi connectivity index (χ1v) is 5.34. The predicted octanol–water partition coefficient (Wildman–Crippen LogP) is 3.95. The molecule has 0 radical (unpaired) electrons. The molecule has 1 aromatic rings. The zero-order chi connectivity index (χ0) is 9.84. The van der Waals surface area contributed by atoms with Crippen LogP contribution in [0.1, 0.15) is 12.0 Å². The maximum atomic E-state index is 12.7. The highest BCUT2D eigenvalue weighted by Crippen LogP contribution is 2.21. The lowest BCUT2D eigenvalue weighted by Gasteiger charge is -2.03. The molecule has 0 aliphatic carbocycles. The Labute approximate surface area is 89.0 Å². The second-order valence-electron chi connectivity index (χ2n) is 2.65. The van der Waals surface area contributed by atoms with Crippen molar-refractivity contribution >= 4 is 27.5 Å². The summed E-state index contributed by atoms with van der Waals surface area (Å²) < 4.78 is 25.4. The van der Waals surface area contributed by atoms with Crippen LogP contribution in [0.3, 0.4) is 0 Å². The molecule has 0 bridgehead atoms. The Morgan fingerprint density at radius 2 is 1.85 bits per heavy atom. The summed E-state index contributed by atoms with van der Waals surface area (Å²) in [6.07, 6.45) is 1.51. The molecule has 0 saturated heterocycles. The lowest BCUT2D eigenvalue weighted by atomic mass is 10.1. The third kappa shape index (κ3) is 2.92. The van der Waals surface area contributed by atoms with Gasteiger partial charge in [0.15, 0.2) is 11.6 Å². The second-order valence-corrected chi connectivity index (χ2v) is 3.85. The van der Waals surface area contributed by atoms with Crippen LogP contribution in [0.15, 0.2) is 12.1 Å². The van der Waals surface area contributed by atoms with Gasteiger partial charge in [-0.2, -0.15) is 0 Å². The number of hydrogen-bond acceptors (Lipinski definition) is 0. The molecule has 0 aliphatic rings. The molecule has 0 aliphatic heterocycles.